The Morgan fingerprint density at radius 1 is 0.935 bits per heavy atom. The fraction of sp³-hybridized carbons (Fsp3) is 0.385. The van der Waals surface area contributed by atoms with E-state index < -0.39 is 0 Å². The summed E-state index contributed by atoms with van der Waals surface area (Å²) in [5.41, 5.74) is 6.01. The summed E-state index contributed by atoms with van der Waals surface area (Å²) in [5.74, 6) is 0.804. The number of hydrogen-bond acceptors (Lipinski definition) is 3. The Morgan fingerprint density at radius 3 is 2.13 bits per heavy atom. The second kappa shape index (κ2) is 9.92. The van der Waals surface area contributed by atoms with Crippen LogP contribution < -0.4 is 10.6 Å². The highest BCUT2D eigenvalue weighted by Gasteiger charge is 2.19. The maximum Gasteiger partial charge on any atom is 0.238 e. The highest BCUT2D eigenvalue weighted by molar-refractivity contribution is 5.93. The van der Waals surface area contributed by atoms with E-state index in [1.54, 1.807) is 0 Å². The van der Waals surface area contributed by atoms with Gasteiger partial charge in [0.1, 0.15) is 0 Å². The molecule has 1 aromatic heterocycles. The van der Waals surface area contributed by atoms with Crippen LogP contribution in [0.4, 0.5) is 5.69 Å². The third-order valence-electron chi connectivity index (χ3n) is 5.67. The van der Waals surface area contributed by atoms with Crippen molar-refractivity contribution in [2.75, 3.05) is 11.9 Å². The lowest BCUT2D eigenvalue weighted by Gasteiger charge is -2.23. The van der Waals surface area contributed by atoms with E-state index >= 15 is 0 Å². The summed E-state index contributed by atoms with van der Waals surface area (Å²) in [5, 5.41) is 11.1. The monoisotopic (exact) mass is 418 g/mol. The van der Waals surface area contributed by atoms with E-state index in [-0.39, 0.29) is 18.5 Å². The summed E-state index contributed by atoms with van der Waals surface area (Å²) in [7, 11) is 0. The van der Waals surface area contributed by atoms with Gasteiger partial charge >= 0.3 is 0 Å². The number of aryl methyl sites for hydroxylation is 1. The molecular formula is C26H34N4O. The highest BCUT2D eigenvalue weighted by Crippen LogP contribution is 2.25. The van der Waals surface area contributed by atoms with Crippen molar-refractivity contribution in [2.45, 2.75) is 53.5 Å². The van der Waals surface area contributed by atoms with Gasteiger partial charge in [-0.3, -0.25) is 4.79 Å². The quantitative estimate of drug-likeness (QED) is 0.505. The van der Waals surface area contributed by atoms with Gasteiger partial charge in [-0.25, -0.2) is 4.68 Å². The van der Waals surface area contributed by atoms with Crippen LogP contribution >= 0.6 is 0 Å². The molecule has 0 spiro atoms. The third kappa shape index (κ3) is 5.42. The van der Waals surface area contributed by atoms with Crippen molar-refractivity contribution in [3.05, 3.63) is 77.1 Å². The van der Waals surface area contributed by atoms with Gasteiger partial charge in [-0.15, -0.1) is 0 Å². The van der Waals surface area contributed by atoms with Gasteiger partial charge in [0, 0.05) is 6.04 Å². The molecule has 164 valence electrons. The van der Waals surface area contributed by atoms with E-state index in [4.69, 9.17) is 0 Å². The van der Waals surface area contributed by atoms with Crippen LogP contribution in [0.5, 0.6) is 0 Å². The number of hydrogen-bond donors (Lipinski definition) is 2. The van der Waals surface area contributed by atoms with Crippen LogP contribution in [0.1, 0.15) is 62.2 Å². The standard InChI is InChI=1S/C26H34N4O/c1-17(2)21-12-14-22(15-13-21)25(18(3)4)27-16-24(31)28-26-19(5)29-30(20(26)6)23-10-8-7-9-11-23/h7-15,17-18,25,27H,16H2,1-6H3,(H,28,31)/t25-/m1/s1. The molecule has 3 rings (SSSR count). The first kappa shape index (κ1) is 22.8. The summed E-state index contributed by atoms with van der Waals surface area (Å²) in [6, 6.07) is 18.8. The Balaban J connectivity index is 1.68. The molecule has 0 aliphatic heterocycles. The molecule has 3 aromatic rings. The molecule has 0 saturated carbocycles. The molecule has 1 atom stereocenters. The van der Waals surface area contributed by atoms with Gasteiger partial charge in [0.05, 0.1) is 29.3 Å². The molecule has 5 heteroatoms. The van der Waals surface area contributed by atoms with Gasteiger partial charge in [0.15, 0.2) is 0 Å². The molecule has 0 aliphatic rings. The molecule has 5 nitrogen and oxygen atoms in total. The third-order valence-corrected chi connectivity index (χ3v) is 5.67. The van der Waals surface area contributed by atoms with E-state index in [1.165, 1.54) is 11.1 Å². The lowest BCUT2D eigenvalue weighted by atomic mass is 9.93. The molecule has 31 heavy (non-hydrogen) atoms. The SMILES string of the molecule is Cc1nn(-c2ccccc2)c(C)c1NC(=O)CN[C@@H](c1ccc(C(C)C)cc1)C(C)C. The van der Waals surface area contributed by atoms with Gasteiger partial charge < -0.3 is 10.6 Å². The zero-order valence-electron chi connectivity index (χ0n) is 19.4. The van der Waals surface area contributed by atoms with Crippen LogP contribution in [0.3, 0.4) is 0 Å². The summed E-state index contributed by atoms with van der Waals surface area (Å²) in [6.45, 7) is 12.9. The normalized spacial score (nSPS) is 12.4. The Labute approximate surface area is 185 Å². The van der Waals surface area contributed by atoms with Gasteiger partial charge in [0.2, 0.25) is 5.91 Å². The van der Waals surface area contributed by atoms with Crippen molar-refractivity contribution >= 4 is 11.6 Å². The van der Waals surface area contributed by atoms with Crippen LogP contribution in [0.15, 0.2) is 54.6 Å². The topological polar surface area (TPSA) is 59.0 Å². The molecule has 0 fully saturated rings. The second-order valence-electron chi connectivity index (χ2n) is 8.77. The number of rotatable bonds is 8. The molecule has 0 saturated heterocycles. The molecule has 0 aliphatic carbocycles. The molecular weight excluding hydrogens is 384 g/mol. The maximum atomic E-state index is 12.8. The van der Waals surface area contributed by atoms with Gasteiger partial charge in [-0.2, -0.15) is 5.10 Å². The summed E-state index contributed by atoms with van der Waals surface area (Å²) >= 11 is 0. The first-order valence-electron chi connectivity index (χ1n) is 11.0. The Hall–Kier alpha value is -2.92. The van der Waals surface area contributed by atoms with Crippen LogP contribution in [0.25, 0.3) is 5.69 Å². The van der Waals surface area contributed by atoms with Crippen LogP contribution in [0, 0.1) is 19.8 Å². The predicted octanol–water partition coefficient (Wildman–Crippen LogP) is 5.54. The molecule has 0 bridgehead atoms. The largest absolute Gasteiger partial charge is 0.322 e. The van der Waals surface area contributed by atoms with Crippen LogP contribution in [-0.4, -0.2) is 22.2 Å². The van der Waals surface area contributed by atoms with Crippen molar-refractivity contribution in [1.82, 2.24) is 15.1 Å². The van der Waals surface area contributed by atoms with E-state index in [2.05, 4.69) is 67.7 Å². The minimum Gasteiger partial charge on any atom is -0.322 e. The van der Waals surface area contributed by atoms with Crippen LogP contribution in [0.2, 0.25) is 0 Å². The number of amides is 1. The average molecular weight is 419 g/mol. The maximum absolute atomic E-state index is 12.8. The molecule has 2 N–H and O–H groups in total. The summed E-state index contributed by atoms with van der Waals surface area (Å²) in [6.07, 6.45) is 0. The Kier molecular flexibility index (Phi) is 7.29. The molecule has 2 aromatic carbocycles. The highest BCUT2D eigenvalue weighted by atomic mass is 16.1. The number of aromatic nitrogens is 2. The number of para-hydroxylation sites is 1. The van der Waals surface area contributed by atoms with Crippen molar-refractivity contribution in [1.29, 1.82) is 0 Å². The van der Waals surface area contributed by atoms with Crippen LogP contribution in [-0.2, 0) is 4.79 Å². The number of nitrogens with zero attached hydrogens (tertiary/aromatic N) is 2. The van der Waals surface area contributed by atoms with Crippen molar-refractivity contribution < 1.29 is 4.79 Å². The van der Waals surface area contributed by atoms with Crippen molar-refractivity contribution in [3.8, 4) is 5.69 Å². The summed E-state index contributed by atoms with van der Waals surface area (Å²) in [4.78, 5) is 12.8. The zero-order valence-corrected chi connectivity index (χ0v) is 19.4. The van der Waals surface area contributed by atoms with Gasteiger partial charge in [0.25, 0.3) is 0 Å². The minimum atomic E-state index is -0.0664. The Morgan fingerprint density at radius 2 is 1.55 bits per heavy atom. The van der Waals surface area contributed by atoms with E-state index in [1.807, 2.05) is 48.9 Å². The zero-order chi connectivity index (χ0) is 22.5. The average Bonchev–Trinajstić information content (AvgIpc) is 3.03. The van der Waals surface area contributed by atoms with E-state index in [0.29, 0.717) is 11.8 Å². The van der Waals surface area contributed by atoms with Gasteiger partial charge in [-0.1, -0.05) is 70.2 Å². The molecule has 1 amide bonds. The lowest BCUT2D eigenvalue weighted by Crippen LogP contribution is -2.33. The number of anilines is 1. The Bertz CT molecular complexity index is 1000. The first-order chi connectivity index (χ1) is 14.8. The van der Waals surface area contributed by atoms with Crippen molar-refractivity contribution in [2.24, 2.45) is 5.92 Å². The fourth-order valence-corrected chi connectivity index (χ4v) is 3.86. The minimum absolute atomic E-state index is 0.0664. The smallest absolute Gasteiger partial charge is 0.238 e. The van der Waals surface area contributed by atoms with Gasteiger partial charge in [-0.05, 0) is 48.9 Å². The number of carbonyl (C=O) groups is 1. The molecule has 0 radical (unpaired) electrons. The fourth-order valence-electron chi connectivity index (χ4n) is 3.86. The summed E-state index contributed by atoms with van der Waals surface area (Å²) < 4.78 is 1.87. The van der Waals surface area contributed by atoms with Crippen molar-refractivity contribution in [3.63, 3.8) is 0 Å². The molecule has 0 unspecified atom stereocenters. The van der Waals surface area contributed by atoms with E-state index in [9.17, 15) is 4.79 Å². The predicted molar refractivity (Wildman–Crippen MR) is 128 cm³/mol. The van der Waals surface area contributed by atoms with E-state index in [0.717, 1.165) is 22.8 Å². The first-order valence-corrected chi connectivity index (χ1v) is 11.0. The molecule has 1 heterocycles. The number of nitrogens with one attached hydrogen (secondary N) is 2. The number of benzene rings is 2. The second-order valence-corrected chi connectivity index (χ2v) is 8.77. The lowest BCUT2D eigenvalue weighted by molar-refractivity contribution is -0.115. The number of carbonyl (C=O) groups excluding carboxylic acids is 1.